The van der Waals surface area contributed by atoms with E-state index in [1.54, 1.807) is 11.3 Å². The van der Waals surface area contributed by atoms with Crippen molar-refractivity contribution >= 4 is 11.3 Å². The van der Waals surface area contributed by atoms with Gasteiger partial charge in [-0.3, -0.25) is 0 Å². The average Bonchev–Trinajstić information content (AvgIpc) is 2.90. The highest BCUT2D eigenvalue weighted by Gasteiger charge is 2.03. The Bertz CT molecular complexity index is 450. The van der Waals surface area contributed by atoms with Crippen LogP contribution in [0, 0.1) is 0 Å². The lowest BCUT2D eigenvalue weighted by Gasteiger charge is -2.13. The van der Waals surface area contributed by atoms with Crippen molar-refractivity contribution in [2.75, 3.05) is 6.54 Å². The maximum atomic E-state index is 5.73. The van der Waals surface area contributed by atoms with Gasteiger partial charge >= 0.3 is 0 Å². The van der Waals surface area contributed by atoms with E-state index in [9.17, 15) is 0 Å². The summed E-state index contributed by atoms with van der Waals surface area (Å²) in [4.78, 5) is 0. The second kappa shape index (κ2) is 6.57. The summed E-state index contributed by atoms with van der Waals surface area (Å²) in [5.41, 5.74) is 2.52. The zero-order valence-corrected chi connectivity index (χ0v) is 11.7. The number of nitrogens with one attached hydrogen (secondary N) is 1. The van der Waals surface area contributed by atoms with E-state index < -0.39 is 0 Å². The molecule has 1 aromatic heterocycles. The van der Waals surface area contributed by atoms with E-state index in [0.717, 1.165) is 12.3 Å². The molecular formula is C15H19NOS. The Morgan fingerprint density at radius 3 is 2.61 bits per heavy atom. The van der Waals surface area contributed by atoms with Crippen molar-refractivity contribution in [2.24, 2.45) is 0 Å². The molecule has 1 aromatic carbocycles. The Balaban J connectivity index is 1.91. The molecule has 0 aliphatic heterocycles. The van der Waals surface area contributed by atoms with Gasteiger partial charge in [-0.1, -0.05) is 19.1 Å². The fraction of sp³-hybridized carbons (Fsp3) is 0.333. The first kappa shape index (κ1) is 13.1. The van der Waals surface area contributed by atoms with Crippen molar-refractivity contribution < 1.29 is 4.74 Å². The van der Waals surface area contributed by atoms with Crippen molar-refractivity contribution in [3.8, 4) is 5.75 Å². The van der Waals surface area contributed by atoms with Gasteiger partial charge in [0, 0.05) is 6.04 Å². The molecule has 1 N–H and O–H groups in total. The van der Waals surface area contributed by atoms with E-state index >= 15 is 0 Å². The van der Waals surface area contributed by atoms with Crippen molar-refractivity contribution in [1.29, 1.82) is 0 Å². The van der Waals surface area contributed by atoms with Gasteiger partial charge in [-0.25, -0.2) is 0 Å². The zero-order chi connectivity index (χ0) is 12.8. The molecule has 2 nitrogen and oxygen atoms in total. The number of thiophene rings is 1. The number of ether oxygens (including phenoxy) is 1. The lowest BCUT2D eigenvalue weighted by atomic mass is 10.1. The van der Waals surface area contributed by atoms with Gasteiger partial charge < -0.3 is 10.1 Å². The Kier molecular flexibility index (Phi) is 4.79. The molecule has 0 saturated heterocycles. The SMILES string of the molecule is CCNC(C)c1ccc(OCc2ccsc2)cc1. The van der Waals surface area contributed by atoms with Crippen LogP contribution >= 0.6 is 11.3 Å². The van der Waals surface area contributed by atoms with Gasteiger partial charge in [0.25, 0.3) is 0 Å². The first-order chi connectivity index (χ1) is 8.79. The second-order valence-corrected chi connectivity index (χ2v) is 5.05. The Morgan fingerprint density at radius 1 is 1.22 bits per heavy atom. The third-order valence-corrected chi connectivity index (χ3v) is 3.61. The normalized spacial score (nSPS) is 12.3. The van der Waals surface area contributed by atoms with E-state index in [4.69, 9.17) is 4.74 Å². The highest BCUT2D eigenvalue weighted by molar-refractivity contribution is 7.07. The lowest BCUT2D eigenvalue weighted by Crippen LogP contribution is -2.17. The van der Waals surface area contributed by atoms with Gasteiger partial charge in [-0.15, -0.1) is 0 Å². The molecule has 18 heavy (non-hydrogen) atoms. The first-order valence-corrected chi connectivity index (χ1v) is 7.21. The van der Waals surface area contributed by atoms with Crippen molar-refractivity contribution in [1.82, 2.24) is 5.32 Å². The number of hydrogen-bond acceptors (Lipinski definition) is 3. The monoisotopic (exact) mass is 261 g/mol. The minimum absolute atomic E-state index is 0.390. The summed E-state index contributed by atoms with van der Waals surface area (Å²) in [6, 6.07) is 10.8. The lowest BCUT2D eigenvalue weighted by molar-refractivity contribution is 0.306. The molecule has 0 aliphatic carbocycles. The quantitative estimate of drug-likeness (QED) is 0.848. The molecule has 0 aliphatic rings. The summed E-state index contributed by atoms with van der Waals surface area (Å²) in [5, 5.41) is 7.58. The summed E-state index contributed by atoms with van der Waals surface area (Å²) in [5.74, 6) is 0.925. The third kappa shape index (κ3) is 3.59. The van der Waals surface area contributed by atoms with Crippen LogP contribution in [0.4, 0.5) is 0 Å². The van der Waals surface area contributed by atoms with E-state index in [1.807, 2.05) is 12.1 Å². The van der Waals surface area contributed by atoms with Crippen LogP contribution in [0.2, 0.25) is 0 Å². The number of rotatable bonds is 6. The van der Waals surface area contributed by atoms with Crippen LogP contribution in [-0.2, 0) is 6.61 Å². The van der Waals surface area contributed by atoms with Crippen LogP contribution < -0.4 is 10.1 Å². The summed E-state index contributed by atoms with van der Waals surface area (Å²) in [6.45, 7) is 5.92. The van der Waals surface area contributed by atoms with Crippen LogP contribution in [0.15, 0.2) is 41.1 Å². The standard InChI is InChI=1S/C15H19NOS/c1-3-16-12(2)14-4-6-15(7-5-14)17-10-13-8-9-18-11-13/h4-9,11-12,16H,3,10H2,1-2H3. The Hall–Kier alpha value is -1.32. The first-order valence-electron chi connectivity index (χ1n) is 6.27. The molecule has 1 heterocycles. The Morgan fingerprint density at radius 2 is 2.00 bits per heavy atom. The van der Waals surface area contributed by atoms with Gasteiger partial charge in [0.1, 0.15) is 12.4 Å². The molecule has 0 spiro atoms. The van der Waals surface area contributed by atoms with Crippen molar-refractivity contribution in [3.05, 3.63) is 52.2 Å². The van der Waals surface area contributed by atoms with E-state index in [-0.39, 0.29) is 0 Å². The summed E-state index contributed by atoms with van der Waals surface area (Å²) < 4.78 is 5.73. The van der Waals surface area contributed by atoms with E-state index in [0.29, 0.717) is 12.6 Å². The average molecular weight is 261 g/mol. The highest BCUT2D eigenvalue weighted by atomic mass is 32.1. The topological polar surface area (TPSA) is 21.3 Å². The van der Waals surface area contributed by atoms with Gasteiger partial charge in [0.15, 0.2) is 0 Å². The largest absolute Gasteiger partial charge is 0.489 e. The van der Waals surface area contributed by atoms with Crippen LogP contribution in [0.3, 0.4) is 0 Å². The molecular weight excluding hydrogens is 242 g/mol. The molecule has 0 radical (unpaired) electrons. The van der Waals surface area contributed by atoms with Crippen LogP contribution in [0.25, 0.3) is 0 Å². The summed E-state index contributed by atoms with van der Waals surface area (Å²) in [7, 11) is 0. The predicted molar refractivity (Wildman–Crippen MR) is 77.2 cm³/mol. The maximum absolute atomic E-state index is 5.73. The fourth-order valence-electron chi connectivity index (χ4n) is 1.82. The number of hydrogen-bond donors (Lipinski definition) is 1. The Labute approximate surface area is 113 Å². The molecule has 3 heteroatoms. The van der Waals surface area contributed by atoms with Gasteiger partial charge in [0.05, 0.1) is 0 Å². The molecule has 0 bridgehead atoms. The molecule has 0 fully saturated rings. The van der Waals surface area contributed by atoms with Crippen LogP contribution in [0.1, 0.15) is 31.0 Å². The third-order valence-electron chi connectivity index (χ3n) is 2.88. The van der Waals surface area contributed by atoms with Crippen molar-refractivity contribution in [3.63, 3.8) is 0 Å². The minimum atomic E-state index is 0.390. The second-order valence-electron chi connectivity index (χ2n) is 4.27. The van der Waals surface area contributed by atoms with Gasteiger partial charge in [-0.05, 0) is 53.6 Å². The number of benzene rings is 1. The molecule has 1 atom stereocenters. The molecule has 96 valence electrons. The zero-order valence-electron chi connectivity index (χ0n) is 10.8. The molecule has 0 amide bonds. The van der Waals surface area contributed by atoms with Gasteiger partial charge in [0.2, 0.25) is 0 Å². The molecule has 0 saturated carbocycles. The van der Waals surface area contributed by atoms with Crippen molar-refractivity contribution in [2.45, 2.75) is 26.5 Å². The summed E-state index contributed by atoms with van der Waals surface area (Å²) >= 11 is 1.70. The molecule has 1 unspecified atom stereocenters. The fourth-order valence-corrected chi connectivity index (χ4v) is 2.47. The smallest absolute Gasteiger partial charge is 0.119 e. The molecule has 2 rings (SSSR count). The van der Waals surface area contributed by atoms with Crippen LogP contribution in [-0.4, -0.2) is 6.54 Å². The predicted octanol–water partition coefficient (Wildman–Crippen LogP) is 4.00. The molecule has 2 aromatic rings. The van der Waals surface area contributed by atoms with E-state index in [2.05, 4.69) is 48.1 Å². The van der Waals surface area contributed by atoms with E-state index in [1.165, 1.54) is 11.1 Å². The van der Waals surface area contributed by atoms with Crippen LogP contribution in [0.5, 0.6) is 5.75 Å². The maximum Gasteiger partial charge on any atom is 0.119 e. The highest BCUT2D eigenvalue weighted by Crippen LogP contribution is 2.18. The summed E-state index contributed by atoms with van der Waals surface area (Å²) in [6.07, 6.45) is 0. The van der Waals surface area contributed by atoms with Gasteiger partial charge in [-0.2, -0.15) is 11.3 Å². The minimum Gasteiger partial charge on any atom is -0.489 e.